The van der Waals surface area contributed by atoms with E-state index in [9.17, 15) is 18.0 Å². The zero-order valence-electron chi connectivity index (χ0n) is 18.7. The Balaban J connectivity index is 1.75. The largest absolute Gasteiger partial charge is 0.457 e. The molecular weight excluding hydrogens is 437 g/mol. The lowest BCUT2D eigenvalue weighted by Crippen LogP contribution is -2.43. The van der Waals surface area contributed by atoms with E-state index in [1.165, 1.54) is 12.1 Å². The molecule has 0 aromatic heterocycles. The molecule has 8 heteroatoms. The van der Waals surface area contributed by atoms with Crippen molar-refractivity contribution in [2.45, 2.75) is 51.3 Å². The fraction of sp³-hybridized carbons (Fsp3) is 0.458. The second-order valence-electron chi connectivity index (χ2n) is 8.38. The summed E-state index contributed by atoms with van der Waals surface area (Å²) in [6, 6.07) is 12.8. The van der Waals surface area contributed by atoms with E-state index in [1.54, 1.807) is 30.0 Å². The maximum absolute atomic E-state index is 13.0. The summed E-state index contributed by atoms with van der Waals surface area (Å²) in [5, 5.41) is -0.145. The third kappa shape index (κ3) is 5.98. The van der Waals surface area contributed by atoms with E-state index in [0.717, 1.165) is 24.2 Å². The van der Waals surface area contributed by atoms with Gasteiger partial charge in [-0.1, -0.05) is 18.2 Å². The van der Waals surface area contributed by atoms with Crippen LogP contribution in [-0.2, 0) is 11.0 Å². The molecule has 0 unspecified atom stereocenters. The molecule has 0 spiro atoms. The van der Waals surface area contributed by atoms with Crippen molar-refractivity contribution in [3.05, 3.63) is 59.7 Å². The zero-order valence-corrected chi connectivity index (χ0v) is 19.5. The molecule has 1 aliphatic rings. The van der Waals surface area contributed by atoms with Gasteiger partial charge in [-0.25, -0.2) is 0 Å². The molecule has 0 saturated carbocycles. The molecule has 1 saturated heterocycles. The first-order chi connectivity index (χ1) is 15.1. The summed E-state index contributed by atoms with van der Waals surface area (Å²) in [5.74, 6) is 1.06. The van der Waals surface area contributed by atoms with E-state index in [0.29, 0.717) is 30.1 Å². The third-order valence-electron chi connectivity index (χ3n) is 5.43. The second-order valence-corrected chi connectivity index (χ2v) is 9.44. The van der Waals surface area contributed by atoms with Crippen LogP contribution in [0.3, 0.4) is 0 Å². The number of benzene rings is 2. The van der Waals surface area contributed by atoms with E-state index >= 15 is 0 Å². The van der Waals surface area contributed by atoms with Gasteiger partial charge in [0.25, 0.3) is 0 Å². The van der Waals surface area contributed by atoms with Crippen LogP contribution in [0.5, 0.6) is 11.5 Å². The zero-order chi connectivity index (χ0) is 23.5. The Morgan fingerprint density at radius 3 is 2.31 bits per heavy atom. The number of nitrogens with zero attached hydrogens (tertiary/aromatic N) is 2. The first-order valence-electron chi connectivity index (χ1n) is 10.7. The summed E-state index contributed by atoms with van der Waals surface area (Å²) >= 11 is 1.55. The Morgan fingerprint density at radius 2 is 1.69 bits per heavy atom. The molecule has 0 N–H and O–H groups in total. The van der Waals surface area contributed by atoms with Gasteiger partial charge in [0.1, 0.15) is 16.9 Å². The molecular formula is C24H29F3N2O2S. The summed E-state index contributed by atoms with van der Waals surface area (Å²) in [4.78, 5) is 16.8. The number of thioether (sulfide) groups is 1. The lowest BCUT2D eigenvalue weighted by atomic mass is 10.1. The summed E-state index contributed by atoms with van der Waals surface area (Å²) in [6.45, 7) is 9.97. The molecule has 1 atom stereocenters. The molecule has 0 aliphatic carbocycles. The predicted molar refractivity (Wildman–Crippen MR) is 122 cm³/mol. The normalized spacial score (nSPS) is 17.1. The molecule has 1 fully saturated rings. The summed E-state index contributed by atoms with van der Waals surface area (Å²) < 4.78 is 44.7. The van der Waals surface area contributed by atoms with Crippen molar-refractivity contribution in [2.24, 2.45) is 0 Å². The van der Waals surface area contributed by atoms with Crippen molar-refractivity contribution in [3.63, 3.8) is 0 Å². The SMILES string of the molecule is CC(C)N(CCN1C(=O)CS[C@H]1c1cccc(Oc2cccc(C(F)(F)F)c2)c1)C(C)C. The van der Waals surface area contributed by atoms with Crippen molar-refractivity contribution in [1.82, 2.24) is 9.80 Å². The minimum atomic E-state index is -4.43. The first kappa shape index (κ1) is 24.5. The molecule has 1 aliphatic heterocycles. The number of carbonyl (C=O) groups is 1. The van der Waals surface area contributed by atoms with Crippen LogP contribution in [0.1, 0.15) is 44.2 Å². The third-order valence-corrected chi connectivity index (χ3v) is 6.69. The van der Waals surface area contributed by atoms with Gasteiger partial charge in [-0.2, -0.15) is 13.2 Å². The lowest BCUT2D eigenvalue weighted by Gasteiger charge is -2.33. The van der Waals surface area contributed by atoms with Crippen molar-refractivity contribution >= 4 is 17.7 Å². The van der Waals surface area contributed by atoms with E-state index < -0.39 is 11.7 Å². The highest BCUT2D eigenvalue weighted by Crippen LogP contribution is 2.40. The number of carbonyl (C=O) groups excluding carboxylic acids is 1. The van der Waals surface area contributed by atoms with Crippen LogP contribution in [0.4, 0.5) is 13.2 Å². The molecule has 174 valence electrons. The van der Waals surface area contributed by atoms with Crippen LogP contribution in [0.25, 0.3) is 0 Å². The number of hydrogen-bond acceptors (Lipinski definition) is 4. The van der Waals surface area contributed by atoms with Gasteiger partial charge in [0.05, 0.1) is 11.3 Å². The number of rotatable bonds is 8. The highest BCUT2D eigenvalue weighted by molar-refractivity contribution is 8.00. The number of halogens is 3. The van der Waals surface area contributed by atoms with Crippen LogP contribution < -0.4 is 4.74 Å². The van der Waals surface area contributed by atoms with E-state index in [2.05, 4.69) is 32.6 Å². The molecule has 1 heterocycles. The topological polar surface area (TPSA) is 32.8 Å². The molecule has 3 rings (SSSR count). The summed E-state index contributed by atoms with van der Waals surface area (Å²) in [5.41, 5.74) is 0.139. The molecule has 0 radical (unpaired) electrons. The van der Waals surface area contributed by atoms with Crippen LogP contribution in [-0.4, -0.2) is 46.6 Å². The van der Waals surface area contributed by atoms with Crippen LogP contribution in [0.15, 0.2) is 48.5 Å². The van der Waals surface area contributed by atoms with Gasteiger partial charge in [0, 0.05) is 25.2 Å². The van der Waals surface area contributed by atoms with Gasteiger partial charge < -0.3 is 9.64 Å². The lowest BCUT2D eigenvalue weighted by molar-refractivity contribution is -0.137. The summed E-state index contributed by atoms with van der Waals surface area (Å²) in [7, 11) is 0. The summed E-state index contributed by atoms with van der Waals surface area (Å²) in [6.07, 6.45) is -4.43. The fourth-order valence-electron chi connectivity index (χ4n) is 3.91. The van der Waals surface area contributed by atoms with Crippen molar-refractivity contribution in [2.75, 3.05) is 18.8 Å². The monoisotopic (exact) mass is 466 g/mol. The molecule has 0 bridgehead atoms. The molecule has 4 nitrogen and oxygen atoms in total. The number of hydrogen-bond donors (Lipinski definition) is 0. The second kappa shape index (κ2) is 10.2. The van der Waals surface area contributed by atoms with Gasteiger partial charge in [0.15, 0.2) is 0 Å². The van der Waals surface area contributed by atoms with Crippen molar-refractivity contribution in [1.29, 1.82) is 0 Å². The fourth-order valence-corrected chi connectivity index (χ4v) is 5.12. The van der Waals surface area contributed by atoms with Gasteiger partial charge in [-0.15, -0.1) is 11.8 Å². The average Bonchev–Trinajstić information content (AvgIpc) is 3.08. The van der Waals surface area contributed by atoms with Gasteiger partial charge in [0.2, 0.25) is 5.91 Å². The Hall–Kier alpha value is -2.19. The van der Waals surface area contributed by atoms with E-state index in [-0.39, 0.29) is 17.0 Å². The maximum atomic E-state index is 13.0. The quantitative estimate of drug-likeness (QED) is 0.464. The average molecular weight is 467 g/mol. The van der Waals surface area contributed by atoms with Crippen molar-refractivity contribution in [3.8, 4) is 11.5 Å². The molecule has 2 aromatic rings. The highest BCUT2D eigenvalue weighted by Gasteiger charge is 2.33. The van der Waals surface area contributed by atoms with Crippen LogP contribution in [0.2, 0.25) is 0 Å². The van der Waals surface area contributed by atoms with Gasteiger partial charge in [-0.3, -0.25) is 9.69 Å². The minimum Gasteiger partial charge on any atom is -0.457 e. The minimum absolute atomic E-state index is 0.0941. The van der Waals surface area contributed by atoms with Crippen molar-refractivity contribution < 1.29 is 22.7 Å². The Bertz CT molecular complexity index is 925. The molecule has 1 amide bonds. The predicted octanol–water partition coefficient (Wildman–Crippen LogP) is 6.19. The molecule has 32 heavy (non-hydrogen) atoms. The van der Waals surface area contributed by atoms with Crippen LogP contribution in [0, 0.1) is 0 Å². The molecule has 2 aromatic carbocycles. The Kier molecular flexibility index (Phi) is 7.77. The highest BCUT2D eigenvalue weighted by atomic mass is 32.2. The van der Waals surface area contributed by atoms with E-state index in [4.69, 9.17) is 4.74 Å². The number of amides is 1. The first-order valence-corrected chi connectivity index (χ1v) is 11.7. The standard InChI is InChI=1S/C24H29F3N2O2S/c1-16(2)28(17(3)4)11-12-29-22(30)15-32-23(29)18-7-5-9-20(13-18)31-21-10-6-8-19(14-21)24(25,26)27/h5-10,13-14,16-17,23H,11-12,15H2,1-4H3/t23-/m0/s1. The van der Waals surface area contributed by atoms with Crippen LogP contribution >= 0.6 is 11.8 Å². The van der Waals surface area contributed by atoms with Gasteiger partial charge in [-0.05, 0) is 63.6 Å². The smallest absolute Gasteiger partial charge is 0.416 e. The number of alkyl halides is 3. The Morgan fingerprint density at radius 1 is 1.06 bits per heavy atom. The van der Waals surface area contributed by atoms with E-state index in [1.807, 2.05) is 11.0 Å². The number of ether oxygens (including phenoxy) is 1. The van der Waals surface area contributed by atoms with Gasteiger partial charge >= 0.3 is 6.18 Å². The Labute approximate surface area is 191 Å². The maximum Gasteiger partial charge on any atom is 0.416 e.